The molecule has 0 spiro atoms. The number of nitrogen functional groups attached to an aromatic ring is 1. The van der Waals surface area contributed by atoms with Gasteiger partial charge in [-0.3, -0.25) is 15.1 Å². The van der Waals surface area contributed by atoms with E-state index in [4.69, 9.17) is 25.4 Å². The molecule has 4 aromatic rings. The summed E-state index contributed by atoms with van der Waals surface area (Å²) in [6, 6.07) is 10.1. The number of aryl methyl sites for hydroxylation is 1. The number of carbonyl (C=O) groups is 1. The van der Waals surface area contributed by atoms with Gasteiger partial charge in [0.2, 0.25) is 11.6 Å². The number of nitrogens with two attached hydrogens (primary N) is 1. The quantitative estimate of drug-likeness (QED) is 0.132. The standard InChI is InChI=1S/C31H33F2N7O5/c1-4-43-31(42)18(2)39-12-14-40(15-13-39)26-24(32)29(44-21-7-5-6-20(16-21)28-36-10-11-38(28)3)37-30(25(26)33)45-23-17-19(27(34)35)8-9-22(23)41/h5-11,16-18,41H,4,12-15H2,1-3H3,(H3,34,35). The molecule has 3 heterocycles. The molecule has 0 bridgehead atoms. The van der Waals surface area contributed by atoms with Crippen molar-refractivity contribution in [2.45, 2.75) is 19.9 Å². The summed E-state index contributed by atoms with van der Waals surface area (Å²) >= 11 is 0. The lowest BCUT2D eigenvalue weighted by Crippen LogP contribution is -2.52. The number of phenols is 1. The first-order chi connectivity index (χ1) is 21.6. The second-order valence-corrected chi connectivity index (χ2v) is 10.3. The van der Waals surface area contributed by atoms with Crippen molar-refractivity contribution in [3.63, 3.8) is 0 Å². The topological polar surface area (TPSA) is 152 Å². The summed E-state index contributed by atoms with van der Waals surface area (Å²) in [6.07, 6.45) is 3.42. The highest BCUT2D eigenvalue weighted by Crippen LogP contribution is 2.40. The van der Waals surface area contributed by atoms with Crippen molar-refractivity contribution in [3.8, 4) is 40.4 Å². The van der Waals surface area contributed by atoms with Crippen molar-refractivity contribution in [1.82, 2.24) is 19.4 Å². The zero-order chi connectivity index (χ0) is 32.2. The van der Waals surface area contributed by atoms with Crippen LogP contribution in [0.25, 0.3) is 11.4 Å². The number of ether oxygens (including phenoxy) is 3. The van der Waals surface area contributed by atoms with Crippen LogP contribution in [0.5, 0.6) is 29.0 Å². The Bertz CT molecular complexity index is 1720. The lowest BCUT2D eigenvalue weighted by Gasteiger charge is -2.38. The first-order valence-corrected chi connectivity index (χ1v) is 14.2. The van der Waals surface area contributed by atoms with E-state index in [0.717, 1.165) is 0 Å². The maximum atomic E-state index is 16.2. The van der Waals surface area contributed by atoms with Crippen LogP contribution < -0.4 is 20.1 Å². The SMILES string of the molecule is CCOC(=O)C(C)N1CCN(c2c(F)c(Oc3cccc(-c4nccn4C)c3)nc(Oc3cc(C(=N)N)ccc3O)c2F)CC1. The molecule has 1 fully saturated rings. The molecule has 2 aromatic heterocycles. The van der Waals surface area contributed by atoms with E-state index < -0.39 is 35.1 Å². The molecule has 1 aliphatic heterocycles. The molecule has 5 rings (SSSR count). The van der Waals surface area contributed by atoms with Crippen LogP contribution in [0.15, 0.2) is 54.9 Å². The summed E-state index contributed by atoms with van der Waals surface area (Å²) in [5.74, 6) is -3.87. The van der Waals surface area contributed by atoms with Crippen molar-refractivity contribution >= 4 is 17.5 Å². The Balaban J connectivity index is 1.51. The average Bonchev–Trinajstić information content (AvgIpc) is 3.46. The number of hydrogen-bond donors (Lipinski definition) is 3. The fraction of sp³-hybridized carbons (Fsp3) is 0.290. The number of piperazine rings is 1. The van der Waals surface area contributed by atoms with Gasteiger partial charge in [0.15, 0.2) is 11.5 Å². The Hall–Kier alpha value is -5.24. The molecule has 12 nitrogen and oxygen atoms in total. The molecule has 1 aliphatic rings. The number of pyridine rings is 1. The summed E-state index contributed by atoms with van der Waals surface area (Å²) in [5, 5.41) is 18.1. The van der Waals surface area contributed by atoms with Crippen LogP contribution in [0.3, 0.4) is 0 Å². The summed E-state index contributed by atoms with van der Waals surface area (Å²) in [4.78, 5) is 24.0. The number of amidine groups is 1. The van der Waals surface area contributed by atoms with E-state index in [1.165, 1.54) is 23.1 Å². The number of halogens is 2. The number of aromatic hydroxyl groups is 1. The van der Waals surface area contributed by atoms with Crippen LogP contribution in [0.1, 0.15) is 19.4 Å². The zero-order valence-corrected chi connectivity index (χ0v) is 25.0. The van der Waals surface area contributed by atoms with E-state index in [1.807, 2.05) is 22.6 Å². The van der Waals surface area contributed by atoms with Gasteiger partial charge in [-0.2, -0.15) is 13.8 Å². The fourth-order valence-corrected chi connectivity index (χ4v) is 4.97. The number of esters is 1. The number of nitrogens with zero attached hydrogens (tertiary/aromatic N) is 5. The Labute approximate surface area is 258 Å². The first kappa shape index (κ1) is 31.2. The van der Waals surface area contributed by atoms with Crippen LogP contribution >= 0.6 is 0 Å². The molecule has 236 valence electrons. The Morgan fingerprint density at radius 1 is 1.09 bits per heavy atom. The smallest absolute Gasteiger partial charge is 0.323 e. The third-order valence-corrected chi connectivity index (χ3v) is 7.41. The van der Waals surface area contributed by atoms with Crippen LogP contribution in [-0.4, -0.2) is 75.2 Å². The van der Waals surface area contributed by atoms with Gasteiger partial charge in [0.25, 0.3) is 11.8 Å². The monoisotopic (exact) mass is 621 g/mol. The zero-order valence-electron chi connectivity index (χ0n) is 25.0. The number of carbonyl (C=O) groups excluding carboxylic acids is 1. The van der Waals surface area contributed by atoms with Gasteiger partial charge in [-0.05, 0) is 44.2 Å². The number of rotatable bonds is 10. The van der Waals surface area contributed by atoms with E-state index in [0.29, 0.717) is 24.5 Å². The summed E-state index contributed by atoms with van der Waals surface area (Å²) in [5.41, 5.74) is 6.03. The number of imidazole rings is 1. The van der Waals surface area contributed by atoms with Crippen molar-refractivity contribution in [3.05, 3.63) is 72.1 Å². The highest BCUT2D eigenvalue weighted by molar-refractivity contribution is 5.95. The Morgan fingerprint density at radius 3 is 2.44 bits per heavy atom. The number of anilines is 1. The highest BCUT2D eigenvalue weighted by atomic mass is 19.1. The van der Waals surface area contributed by atoms with Crippen molar-refractivity contribution in [1.29, 1.82) is 5.41 Å². The molecule has 4 N–H and O–H groups in total. The number of hydrogen-bond acceptors (Lipinski definition) is 10. The largest absolute Gasteiger partial charge is 0.504 e. The van der Waals surface area contributed by atoms with E-state index in [1.54, 1.807) is 44.4 Å². The minimum atomic E-state index is -1.12. The number of aromatic nitrogens is 3. The summed E-state index contributed by atoms with van der Waals surface area (Å²) < 4.78 is 50.8. The van der Waals surface area contributed by atoms with Crippen molar-refractivity contribution in [2.75, 3.05) is 37.7 Å². The van der Waals surface area contributed by atoms with Gasteiger partial charge in [0.1, 0.15) is 29.1 Å². The molecule has 14 heteroatoms. The van der Waals surface area contributed by atoms with E-state index >= 15 is 8.78 Å². The van der Waals surface area contributed by atoms with E-state index in [9.17, 15) is 9.90 Å². The number of benzene rings is 2. The second kappa shape index (κ2) is 13.2. The molecule has 0 amide bonds. The van der Waals surface area contributed by atoms with Gasteiger partial charge in [0.05, 0.1) is 6.61 Å². The van der Waals surface area contributed by atoms with Gasteiger partial charge in [-0.15, -0.1) is 0 Å². The predicted octanol–water partition coefficient (Wildman–Crippen LogP) is 4.41. The second-order valence-electron chi connectivity index (χ2n) is 10.3. The molecule has 0 saturated carbocycles. The summed E-state index contributed by atoms with van der Waals surface area (Å²) in [7, 11) is 1.83. The van der Waals surface area contributed by atoms with Crippen molar-refractivity contribution < 1.29 is 32.9 Å². The van der Waals surface area contributed by atoms with Gasteiger partial charge in [0, 0.05) is 56.7 Å². The van der Waals surface area contributed by atoms with Crippen LogP contribution in [0.4, 0.5) is 14.5 Å². The number of phenolic OH excluding ortho intramolecular Hbond substituents is 1. The van der Waals surface area contributed by atoms with Crippen LogP contribution in [-0.2, 0) is 16.6 Å². The molecular formula is C31H33F2N7O5. The molecule has 0 aliphatic carbocycles. The molecule has 2 aromatic carbocycles. The minimum Gasteiger partial charge on any atom is -0.504 e. The number of nitrogens with one attached hydrogen (secondary N) is 1. The van der Waals surface area contributed by atoms with Crippen molar-refractivity contribution in [2.24, 2.45) is 12.8 Å². The molecule has 1 unspecified atom stereocenters. The average molecular weight is 622 g/mol. The van der Waals surface area contributed by atoms with Gasteiger partial charge < -0.3 is 34.5 Å². The van der Waals surface area contributed by atoms with Gasteiger partial charge in [-0.1, -0.05) is 12.1 Å². The maximum absolute atomic E-state index is 16.2. The lowest BCUT2D eigenvalue weighted by molar-refractivity contribution is -0.149. The molecular weight excluding hydrogens is 588 g/mol. The molecule has 1 saturated heterocycles. The third kappa shape index (κ3) is 6.65. The minimum absolute atomic E-state index is 0.167. The maximum Gasteiger partial charge on any atom is 0.323 e. The first-order valence-electron chi connectivity index (χ1n) is 14.2. The lowest BCUT2D eigenvalue weighted by atomic mass is 10.2. The molecule has 45 heavy (non-hydrogen) atoms. The summed E-state index contributed by atoms with van der Waals surface area (Å²) in [6.45, 7) is 4.67. The molecule has 0 radical (unpaired) electrons. The third-order valence-electron chi connectivity index (χ3n) is 7.41. The fourth-order valence-electron chi connectivity index (χ4n) is 4.97. The van der Waals surface area contributed by atoms with E-state index in [-0.39, 0.29) is 54.3 Å². The van der Waals surface area contributed by atoms with E-state index in [2.05, 4.69) is 9.97 Å². The normalized spacial score (nSPS) is 14.2. The Morgan fingerprint density at radius 2 is 1.80 bits per heavy atom. The van der Waals surface area contributed by atoms with Crippen LogP contribution in [0.2, 0.25) is 0 Å². The van der Waals surface area contributed by atoms with Crippen LogP contribution in [0, 0.1) is 17.0 Å². The van der Waals surface area contributed by atoms with Gasteiger partial charge >= 0.3 is 5.97 Å². The Kier molecular flexibility index (Phi) is 9.13. The van der Waals surface area contributed by atoms with Gasteiger partial charge in [-0.25, -0.2) is 4.98 Å². The highest BCUT2D eigenvalue weighted by Gasteiger charge is 2.32. The predicted molar refractivity (Wildman–Crippen MR) is 162 cm³/mol. The molecule has 1 atom stereocenters.